The second kappa shape index (κ2) is 7.98. The molecule has 1 aromatic heterocycles. The van der Waals surface area contributed by atoms with Gasteiger partial charge >= 0.3 is 0 Å². The Bertz CT molecular complexity index is 1260. The maximum Gasteiger partial charge on any atom is 0.192 e. The molecule has 5 rings (SSSR count). The predicted molar refractivity (Wildman–Crippen MR) is 136 cm³/mol. The fourth-order valence-corrected chi connectivity index (χ4v) is 9.87. The highest BCUT2D eigenvalue weighted by molar-refractivity contribution is 8.15. The maximum absolute atomic E-state index is 13.7. The lowest BCUT2D eigenvalue weighted by Gasteiger charge is -2.44. The van der Waals surface area contributed by atoms with Crippen molar-refractivity contribution in [3.05, 3.63) is 41.3 Å². The molecule has 2 aliphatic carbocycles. The minimum absolute atomic E-state index is 0.0526. The molecule has 0 N–H and O–H groups in total. The molecule has 180 valence electrons. The van der Waals surface area contributed by atoms with Gasteiger partial charge in [0.05, 0.1) is 36.1 Å². The molecule has 1 aromatic carbocycles. The van der Waals surface area contributed by atoms with Gasteiger partial charge in [-0.3, -0.25) is 0 Å². The molecule has 0 saturated heterocycles. The Labute approximate surface area is 206 Å². The van der Waals surface area contributed by atoms with Crippen molar-refractivity contribution >= 4 is 35.2 Å². The summed E-state index contributed by atoms with van der Waals surface area (Å²) in [5, 5.41) is 14.8. The van der Waals surface area contributed by atoms with Gasteiger partial charge in [-0.1, -0.05) is 20.8 Å². The maximum atomic E-state index is 13.7. The Morgan fingerprint density at radius 1 is 1.29 bits per heavy atom. The summed E-state index contributed by atoms with van der Waals surface area (Å²) < 4.78 is 24.6. The average molecular weight is 500 g/mol. The van der Waals surface area contributed by atoms with Crippen LogP contribution in [0.15, 0.2) is 29.3 Å². The van der Waals surface area contributed by atoms with Crippen LogP contribution in [0, 0.1) is 40.8 Å². The topological polar surface area (TPSA) is 66.4 Å². The Morgan fingerprint density at radius 2 is 2.00 bits per heavy atom. The second-order valence-corrected chi connectivity index (χ2v) is 14.4. The lowest BCUT2D eigenvalue weighted by atomic mass is 9.70. The predicted octanol–water partition coefficient (Wildman–Crippen LogP) is 5.43. The van der Waals surface area contributed by atoms with Crippen LogP contribution in [-0.2, 0) is 22.9 Å². The summed E-state index contributed by atoms with van der Waals surface area (Å²) in [6.07, 6.45) is 0.984. The molecule has 0 amide bonds. The number of rotatable bonds is 5. The number of amidine groups is 1. The van der Waals surface area contributed by atoms with E-state index in [1.165, 1.54) is 18.6 Å². The number of hydrogen-bond acceptors (Lipinski definition) is 5. The van der Waals surface area contributed by atoms with Crippen molar-refractivity contribution in [2.45, 2.75) is 66.0 Å². The van der Waals surface area contributed by atoms with Crippen LogP contribution in [0.25, 0.3) is 0 Å². The number of aryl methyl sites for hydroxylation is 2. The number of nitrogens with zero attached hydrogens (tertiary/aromatic N) is 5. The first-order valence-corrected chi connectivity index (χ1v) is 14.5. The zero-order valence-corrected chi connectivity index (χ0v) is 22.1. The summed E-state index contributed by atoms with van der Waals surface area (Å²) >= 11 is 6.47. The minimum Gasteiger partial charge on any atom is -0.326 e. The van der Waals surface area contributed by atoms with Gasteiger partial charge in [0.2, 0.25) is 0 Å². The quantitative estimate of drug-likeness (QED) is 0.513. The van der Waals surface area contributed by atoms with Gasteiger partial charge in [0.25, 0.3) is 0 Å². The third-order valence-electron chi connectivity index (χ3n) is 8.79. The number of aliphatic imine (C=N–C) groups is 1. The van der Waals surface area contributed by atoms with Crippen LogP contribution in [0.3, 0.4) is 0 Å². The number of aromatic nitrogens is 2. The largest absolute Gasteiger partial charge is 0.326 e. The van der Waals surface area contributed by atoms with Gasteiger partial charge in [-0.25, -0.2) is 14.1 Å². The summed E-state index contributed by atoms with van der Waals surface area (Å²) in [6, 6.07) is 8.50. The van der Waals surface area contributed by atoms with Crippen molar-refractivity contribution < 1.29 is 8.91 Å². The molecule has 1 aliphatic heterocycles. The van der Waals surface area contributed by atoms with Crippen molar-refractivity contribution in [2.24, 2.45) is 21.7 Å². The normalized spacial score (nSPS) is 31.3. The highest BCUT2D eigenvalue weighted by atomic mass is 32.4. The molecule has 2 fully saturated rings. The van der Waals surface area contributed by atoms with Gasteiger partial charge < -0.3 is 9.19 Å². The third-order valence-corrected chi connectivity index (χ3v) is 12.9. The van der Waals surface area contributed by atoms with Gasteiger partial charge in [0, 0.05) is 12.6 Å². The average Bonchev–Trinajstić information content (AvgIpc) is 3.30. The van der Waals surface area contributed by atoms with E-state index in [1.54, 1.807) is 16.8 Å². The monoisotopic (exact) mass is 499 g/mol. The summed E-state index contributed by atoms with van der Waals surface area (Å²) in [6.45, 7) is 9.48. The molecule has 4 atom stereocenters. The molecule has 2 bridgehead atoms. The lowest BCUT2D eigenvalue weighted by Crippen LogP contribution is -2.41. The molecule has 6 nitrogen and oxygen atoms in total. The summed E-state index contributed by atoms with van der Waals surface area (Å²) in [5.74, 6) is 1.65. The SMILES string of the molecule is Cc1nn(CCC#N)c2c1P(=S)(OC1CC3CCC1(C)C3(C)C)N(C)C(c1ccc(F)cc1)=N2. The first-order chi connectivity index (χ1) is 16.0. The number of hydrogen-bond donors (Lipinski definition) is 0. The third kappa shape index (κ3) is 3.24. The summed E-state index contributed by atoms with van der Waals surface area (Å²) in [4.78, 5) is 4.96. The first-order valence-electron chi connectivity index (χ1n) is 11.8. The van der Waals surface area contributed by atoms with Crippen molar-refractivity contribution in [3.63, 3.8) is 0 Å². The molecule has 4 unspecified atom stereocenters. The smallest absolute Gasteiger partial charge is 0.192 e. The van der Waals surface area contributed by atoms with Crippen molar-refractivity contribution in [1.29, 1.82) is 5.26 Å². The fourth-order valence-electron chi connectivity index (χ4n) is 6.20. The van der Waals surface area contributed by atoms with Crippen LogP contribution >= 0.6 is 6.42 Å². The molecule has 0 spiro atoms. The molecular formula is C25H31FN5OPS. The molecule has 34 heavy (non-hydrogen) atoms. The Balaban J connectivity index is 1.64. The fraction of sp³-hybridized carbons (Fsp3) is 0.560. The van der Waals surface area contributed by atoms with E-state index < -0.39 is 6.42 Å². The van der Waals surface area contributed by atoms with E-state index in [1.807, 2.05) is 18.6 Å². The summed E-state index contributed by atoms with van der Waals surface area (Å²) in [7, 11) is 1.94. The Morgan fingerprint density at radius 3 is 2.59 bits per heavy atom. The van der Waals surface area contributed by atoms with E-state index >= 15 is 0 Å². The minimum atomic E-state index is -2.78. The zero-order chi connectivity index (χ0) is 24.5. The molecule has 9 heteroatoms. The molecule has 2 saturated carbocycles. The van der Waals surface area contributed by atoms with Crippen LogP contribution in [0.4, 0.5) is 10.2 Å². The highest BCUT2D eigenvalue weighted by Crippen LogP contribution is 2.69. The van der Waals surface area contributed by atoms with Crippen LogP contribution in [0.2, 0.25) is 0 Å². The van der Waals surface area contributed by atoms with Crippen LogP contribution in [0.5, 0.6) is 0 Å². The van der Waals surface area contributed by atoms with Crippen molar-refractivity contribution in [2.75, 3.05) is 7.05 Å². The zero-order valence-electron chi connectivity index (χ0n) is 20.4. The van der Waals surface area contributed by atoms with E-state index in [0.717, 1.165) is 29.4 Å². The Kier molecular flexibility index (Phi) is 5.55. The van der Waals surface area contributed by atoms with Crippen LogP contribution in [-0.4, -0.2) is 33.4 Å². The number of halogens is 1. The number of fused-ring (bicyclic) bond motifs is 3. The molecular weight excluding hydrogens is 468 g/mol. The van der Waals surface area contributed by atoms with Crippen molar-refractivity contribution in [3.8, 4) is 6.07 Å². The highest BCUT2D eigenvalue weighted by Gasteiger charge is 2.63. The van der Waals surface area contributed by atoms with Gasteiger partial charge in [-0.05, 0) is 79.0 Å². The second-order valence-electron chi connectivity index (χ2n) is 10.6. The number of nitriles is 1. The van der Waals surface area contributed by atoms with Crippen molar-refractivity contribution in [1.82, 2.24) is 14.5 Å². The van der Waals surface area contributed by atoms with E-state index in [-0.39, 0.29) is 22.8 Å². The molecule has 0 radical (unpaired) electrons. The molecule has 2 heterocycles. The van der Waals surface area contributed by atoms with E-state index in [4.69, 9.17) is 31.7 Å². The van der Waals surface area contributed by atoms with Crippen LogP contribution < -0.4 is 5.30 Å². The lowest BCUT2D eigenvalue weighted by molar-refractivity contribution is 0.0357. The van der Waals surface area contributed by atoms with Gasteiger partial charge in [-0.2, -0.15) is 10.4 Å². The first kappa shape index (κ1) is 23.7. The number of benzene rings is 1. The van der Waals surface area contributed by atoms with Gasteiger partial charge in [-0.15, -0.1) is 0 Å². The van der Waals surface area contributed by atoms with Gasteiger partial charge in [0.1, 0.15) is 11.7 Å². The van der Waals surface area contributed by atoms with Crippen LogP contribution in [0.1, 0.15) is 57.7 Å². The molecule has 2 aromatic rings. The summed E-state index contributed by atoms with van der Waals surface area (Å²) in [5.41, 5.74) is 1.83. The van der Waals surface area contributed by atoms with E-state index in [9.17, 15) is 4.39 Å². The Hall–Kier alpha value is -2.07. The standard InChI is InChI=1S/C25H31FN5OPS/c1-16-21-23(31(29-16)14-6-13-27)28-22(17-7-9-19(26)10-8-17)30(5)33(21,34)32-20-15-18-11-12-25(20,4)24(18,2)3/h7-10,18,20H,6,11-12,14-15H2,1-5H3. The molecule has 3 aliphatic rings. The van der Waals surface area contributed by atoms with E-state index in [0.29, 0.717) is 30.5 Å². The van der Waals surface area contributed by atoms with E-state index in [2.05, 4.69) is 26.8 Å². The van der Waals surface area contributed by atoms with Gasteiger partial charge in [0.15, 0.2) is 12.2 Å².